The van der Waals surface area contributed by atoms with Crippen LogP contribution in [0.25, 0.3) is 0 Å². The average molecular weight is 218 g/mol. The van der Waals surface area contributed by atoms with Gasteiger partial charge < -0.3 is 20.9 Å². The molecule has 0 aliphatic carbocycles. The van der Waals surface area contributed by atoms with Crippen molar-refractivity contribution in [2.24, 2.45) is 5.73 Å². The van der Waals surface area contributed by atoms with Crippen molar-refractivity contribution in [2.45, 2.75) is 32.0 Å². The van der Waals surface area contributed by atoms with E-state index in [-0.39, 0.29) is 12.5 Å². The van der Waals surface area contributed by atoms with Crippen LogP contribution < -0.4 is 11.1 Å². The van der Waals surface area contributed by atoms with Gasteiger partial charge in [-0.3, -0.25) is 9.59 Å². The summed E-state index contributed by atoms with van der Waals surface area (Å²) in [6.07, 6.45) is -0.881. The van der Waals surface area contributed by atoms with E-state index < -0.39 is 17.6 Å². The first kappa shape index (κ1) is 13.9. The summed E-state index contributed by atoms with van der Waals surface area (Å²) in [6, 6.07) is 0. The maximum Gasteiger partial charge on any atom is 0.252 e. The molecular formula is C9H18N2O4. The van der Waals surface area contributed by atoms with Gasteiger partial charge in [-0.2, -0.15) is 0 Å². The Morgan fingerprint density at radius 1 is 1.60 bits per heavy atom. The van der Waals surface area contributed by atoms with E-state index in [0.717, 1.165) is 0 Å². The number of carbonyl (C=O) groups is 2. The quantitative estimate of drug-likeness (QED) is 0.519. The van der Waals surface area contributed by atoms with Crippen LogP contribution in [0.2, 0.25) is 0 Å². The van der Waals surface area contributed by atoms with Crippen molar-refractivity contribution in [3.8, 4) is 0 Å². The molecule has 0 saturated heterocycles. The first-order valence-electron chi connectivity index (χ1n) is 4.68. The summed E-state index contributed by atoms with van der Waals surface area (Å²) in [5.41, 5.74) is 3.88. The molecule has 2 unspecified atom stereocenters. The van der Waals surface area contributed by atoms with Crippen molar-refractivity contribution in [1.29, 1.82) is 0 Å². The highest BCUT2D eigenvalue weighted by molar-refractivity contribution is 5.85. The van der Waals surface area contributed by atoms with Gasteiger partial charge in [-0.15, -0.1) is 0 Å². The predicted molar refractivity (Wildman–Crippen MR) is 53.9 cm³/mol. The summed E-state index contributed by atoms with van der Waals surface area (Å²) in [5.74, 6) is -1.25. The molecule has 0 saturated carbocycles. The van der Waals surface area contributed by atoms with E-state index in [1.807, 2.05) is 0 Å². The van der Waals surface area contributed by atoms with Crippen molar-refractivity contribution in [3.63, 3.8) is 0 Å². The minimum atomic E-state index is -1.37. The molecule has 2 atom stereocenters. The molecule has 0 rings (SSSR count). The summed E-state index contributed by atoms with van der Waals surface area (Å²) in [4.78, 5) is 22.0. The van der Waals surface area contributed by atoms with Gasteiger partial charge in [0.25, 0.3) is 5.91 Å². The van der Waals surface area contributed by atoms with E-state index >= 15 is 0 Å². The van der Waals surface area contributed by atoms with Crippen molar-refractivity contribution >= 4 is 11.8 Å². The second kappa shape index (κ2) is 5.67. The van der Waals surface area contributed by atoms with Crippen LogP contribution in [0.1, 0.15) is 20.3 Å². The number of hydrogen-bond acceptors (Lipinski definition) is 4. The molecule has 0 radical (unpaired) electrons. The van der Waals surface area contributed by atoms with E-state index in [9.17, 15) is 9.59 Å². The molecule has 2 amide bonds. The zero-order valence-electron chi connectivity index (χ0n) is 9.24. The maximum absolute atomic E-state index is 11.6. The fourth-order valence-electron chi connectivity index (χ4n) is 0.875. The number of carbonyl (C=O) groups excluding carboxylic acids is 2. The molecule has 0 aliphatic heterocycles. The highest BCUT2D eigenvalue weighted by atomic mass is 16.5. The standard InChI is InChI=1S/C9H18N2O4/c1-4-9(2,15-3)8(14)11-5-6(12)7(10)13/h6,12H,4-5H2,1-3H3,(H2,10,13)(H,11,14). The third-order valence-electron chi connectivity index (χ3n) is 2.39. The smallest absolute Gasteiger partial charge is 0.252 e. The second-order valence-corrected chi connectivity index (χ2v) is 3.42. The zero-order chi connectivity index (χ0) is 12.1. The molecule has 0 aromatic carbocycles. The highest BCUT2D eigenvalue weighted by Crippen LogP contribution is 2.13. The lowest BCUT2D eigenvalue weighted by Gasteiger charge is -2.25. The first-order chi connectivity index (χ1) is 6.87. The molecule has 88 valence electrons. The van der Waals surface area contributed by atoms with Crippen molar-refractivity contribution < 1.29 is 19.4 Å². The average Bonchev–Trinajstić information content (AvgIpc) is 2.23. The van der Waals surface area contributed by atoms with Crippen LogP contribution in [0.5, 0.6) is 0 Å². The van der Waals surface area contributed by atoms with E-state index in [1.54, 1.807) is 13.8 Å². The number of hydrogen-bond donors (Lipinski definition) is 3. The third-order valence-corrected chi connectivity index (χ3v) is 2.39. The molecule has 0 spiro atoms. The van der Waals surface area contributed by atoms with Crippen LogP contribution in [0.4, 0.5) is 0 Å². The number of methoxy groups -OCH3 is 1. The minimum absolute atomic E-state index is 0.201. The molecule has 6 nitrogen and oxygen atoms in total. The molecule has 6 heteroatoms. The summed E-state index contributed by atoms with van der Waals surface area (Å²) in [6.45, 7) is 3.22. The molecule has 0 bridgehead atoms. The van der Waals surface area contributed by atoms with Gasteiger partial charge in [0.2, 0.25) is 5.91 Å². The zero-order valence-corrected chi connectivity index (χ0v) is 9.24. The van der Waals surface area contributed by atoms with Crippen LogP contribution in [0.3, 0.4) is 0 Å². The fourth-order valence-corrected chi connectivity index (χ4v) is 0.875. The van der Waals surface area contributed by atoms with Gasteiger partial charge in [-0.1, -0.05) is 6.92 Å². The lowest BCUT2D eigenvalue weighted by molar-refractivity contribution is -0.142. The SMILES string of the molecule is CCC(C)(OC)C(=O)NCC(O)C(N)=O. The molecule has 0 aromatic rings. The summed E-state index contributed by atoms with van der Waals surface area (Å²) in [7, 11) is 1.42. The molecule has 15 heavy (non-hydrogen) atoms. The van der Waals surface area contributed by atoms with Crippen LogP contribution in [0, 0.1) is 0 Å². The number of ether oxygens (including phenoxy) is 1. The Balaban J connectivity index is 4.19. The topological polar surface area (TPSA) is 102 Å². The van der Waals surface area contributed by atoms with Crippen molar-refractivity contribution in [2.75, 3.05) is 13.7 Å². The number of rotatable bonds is 6. The van der Waals surface area contributed by atoms with Gasteiger partial charge in [0, 0.05) is 7.11 Å². The van der Waals surface area contributed by atoms with Crippen LogP contribution in [-0.4, -0.2) is 42.3 Å². The lowest BCUT2D eigenvalue weighted by Crippen LogP contribution is -2.49. The predicted octanol–water partition coefficient (Wildman–Crippen LogP) is -1.24. The molecular weight excluding hydrogens is 200 g/mol. The number of nitrogens with two attached hydrogens (primary N) is 1. The Bertz CT molecular complexity index is 238. The van der Waals surface area contributed by atoms with Gasteiger partial charge in [-0.25, -0.2) is 0 Å². The number of aliphatic hydroxyl groups excluding tert-OH is 1. The van der Waals surface area contributed by atoms with E-state index in [0.29, 0.717) is 6.42 Å². The fraction of sp³-hybridized carbons (Fsp3) is 0.778. The Morgan fingerprint density at radius 2 is 2.13 bits per heavy atom. The van der Waals surface area contributed by atoms with E-state index in [4.69, 9.17) is 15.6 Å². The Hall–Kier alpha value is -1.14. The molecule has 0 fully saturated rings. The van der Waals surface area contributed by atoms with Gasteiger partial charge in [0.1, 0.15) is 11.7 Å². The number of amides is 2. The third kappa shape index (κ3) is 3.85. The number of aliphatic hydroxyl groups is 1. The summed E-state index contributed by atoms with van der Waals surface area (Å²) in [5, 5.41) is 11.4. The highest BCUT2D eigenvalue weighted by Gasteiger charge is 2.31. The van der Waals surface area contributed by atoms with Crippen LogP contribution in [-0.2, 0) is 14.3 Å². The monoisotopic (exact) mass is 218 g/mol. The van der Waals surface area contributed by atoms with Crippen molar-refractivity contribution in [3.05, 3.63) is 0 Å². The normalized spacial score (nSPS) is 16.5. The van der Waals surface area contributed by atoms with Gasteiger partial charge in [0.15, 0.2) is 0 Å². The lowest BCUT2D eigenvalue weighted by atomic mass is 10.0. The Kier molecular flexibility index (Phi) is 5.24. The number of nitrogens with one attached hydrogen (secondary N) is 1. The second-order valence-electron chi connectivity index (χ2n) is 3.42. The summed E-state index contributed by atoms with van der Waals surface area (Å²) < 4.78 is 5.03. The molecule has 4 N–H and O–H groups in total. The Labute approximate surface area is 88.8 Å². The summed E-state index contributed by atoms with van der Waals surface area (Å²) >= 11 is 0. The molecule has 0 aromatic heterocycles. The van der Waals surface area contributed by atoms with Gasteiger partial charge in [0.05, 0.1) is 6.54 Å². The van der Waals surface area contributed by atoms with Crippen LogP contribution in [0.15, 0.2) is 0 Å². The van der Waals surface area contributed by atoms with Gasteiger partial charge >= 0.3 is 0 Å². The van der Waals surface area contributed by atoms with E-state index in [1.165, 1.54) is 7.11 Å². The maximum atomic E-state index is 11.6. The Morgan fingerprint density at radius 3 is 2.47 bits per heavy atom. The minimum Gasteiger partial charge on any atom is -0.381 e. The number of primary amides is 1. The largest absolute Gasteiger partial charge is 0.381 e. The molecule has 0 heterocycles. The van der Waals surface area contributed by atoms with Gasteiger partial charge in [-0.05, 0) is 13.3 Å². The van der Waals surface area contributed by atoms with E-state index in [2.05, 4.69) is 5.32 Å². The van der Waals surface area contributed by atoms with Crippen molar-refractivity contribution in [1.82, 2.24) is 5.32 Å². The first-order valence-corrected chi connectivity index (χ1v) is 4.68. The molecule has 0 aliphatic rings. The van der Waals surface area contributed by atoms with Crippen LogP contribution >= 0.6 is 0 Å².